The van der Waals surface area contributed by atoms with Gasteiger partial charge in [-0.2, -0.15) is 0 Å². The van der Waals surface area contributed by atoms with E-state index in [-0.39, 0.29) is 5.41 Å². The minimum Gasteiger partial charge on any atom is -0.481 e. The van der Waals surface area contributed by atoms with Crippen molar-refractivity contribution in [1.29, 1.82) is 0 Å². The Kier molecular flexibility index (Phi) is 3.03. The zero-order chi connectivity index (χ0) is 14.7. The molecule has 0 heterocycles. The molecule has 0 spiro atoms. The van der Waals surface area contributed by atoms with E-state index in [2.05, 4.69) is 13.0 Å². The van der Waals surface area contributed by atoms with Gasteiger partial charge in [-0.25, -0.2) is 0 Å². The number of fused-ring (bicyclic) bond motifs is 5. The molecule has 1 unspecified atom stereocenters. The molecule has 116 valence electrons. The predicted octanol–water partition coefficient (Wildman–Crippen LogP) is 4.79. The van der Waals surface area contributed by atoms with Gasteiger partial charge in [0.25, 0.3) is 0 Å². The molecule has 0 aliphatic heterocycles. The van der Waals surface area contributed by atoms with E-state index in [0.29, 0.717) is 23.2 Å². The third-order valence-corrected chi connectivity index (χ3v) is 7.66. The molecule has 0 aromatic heterocycles. The summed E-state index contributed by atoms with van der Waals surface area (Å²) in [4.78, 5) is 12.3. The standard InChI is InChI=1S/C19H28O2/c1-18-10-4-6-15(18)14-8-7-13-5-2-3-11-19(13,17(20)21)16(14)9-12-18/h6,13-14,16H,2-5,7-12H2,1H3,(H,20,21)/t13?,14-,16-,18-,19+/m0/s1. The van der Waals surface area contributed by atoms with Crippen molar-refractivity contribution in [1.82, 2.24) is 0 Å². The van der Waals surface area contributed by atoms with Crippen LogP contribution in [-0.4, -0.2) is 11.1 Å². The van der Waals surface area contributed by atoms with Crippen LogP contribution in [0, 0.1) is 28.6 Å². The van der Waals surface area contributed by atoms with Crippen LogP contribution in [-0.2, 0) is 4.79 Å². The molecular formula is C19H28O2. The first-order valence-electron chi connectivity index (χ1n) is 9.02. The van der Waals surface area contributed by atoms with Gasteiger partial charge in [0.05, 0.1) is 5.41 Å². The Labute approximate surface area is 128 Å². The average molecular weight is 288 g/mol. The first kappa shape index (κ1) is 13.8. The van der Waals surface area contributed by atoms with Crippen LogP contribution in [0.1, 0.15) is 71.1 Å². The number of carboxylic acid groups (broad SMARTS) is 1. The fourth-order valence-corrected chi connectivity index (χ4v) is 6.65. The Morgan fingerprint density at radius 1 is 1.14 bits per heavy atom. The zero-order valence-electron chi connectivity index (χ0n) is 13.2. The summed E-state index contributed by atoms with van der Waals surface area (Å²) in [5.41, 5.74) is 1.68. The second-order valence-corrected chi connectivity index (χ2v) is 8.38. The quantitative estimate of drug-likeness (QED) is 0.704. The van der Waals surface area contributed by atoms with Gasteiger partial charge in [-0.1, -0.05) is 31.4 Å². The summed E-state index contributed by atoms with van der Waals surface area (Å²) in [5.74, 6) is 0.989. The zero-order valence-corrected chi connectivity index (χ0v) is 13.2. The van der Waals surface area contributed by atoms with E-state index in [0.717, 1.165) is 32.1 Å². The van der Waals surface area contributed by atoms with Gasteiger partial charge in [0, 0.05) is 0 Å². The number of hydrogen-bond donors (Lipinski definition) is 1. The summed E-state index contributed by atoms with van der Waals surface area (Å²) < 4.78 is 0. The van der Waals surface area contributed by atoms with Crippen LogP contribution in [0.5, 0.6) is 0 Å². The summed E-state index contributed by atoms with van der Waals surface area (Å²) in [6.45, 7) is 2.43. The molecule has 0 radical (unpaired) electrons. The van der Waals surface area contributed by atoms with Crippen molar-refractivity contribution < 1.29 is 9.90 Å². The van der Waals surface area contributed by atoms with Gasteiger partial charge in [0.15, 0.2) is 0 Å². The Bertz CT molecular complexity index is 494. The predicted molar refractivity (Wildman–Crippen MR) is 82.9 cm³/mol. The number of allylic oxidation sites excluding steroid dienone is 2. The number of aliphatic carboxylic acids is 1. The summed E-state index contributed by atoms with van der Waals surface area (Å²) in [5, 5.41) is 10.1. The topological polar surface area (TPSA) is 37.3 Å². The number of hydrogen-bond acceptors (Lipinski definition) is 1. The molecule has 3 saturated carbocycles. The molecule has 3 fully saturated rings. The van der Waals surface area contributed by atoms with Crippen molar-refractivity contribution in [2.45, 2.75) is 71.1 Å². The minimum atomic E-state index is -0.468. The van der Waals surface area contributed by atoms with Crippen LogP contribution in [0.15, 0.2) is 11.6 Å². The van der Waals surface area contributed by atoms with Crippen molar-refractivity contribution in [3.8, 4) is 0 Å². The molecule has 4 rings (SSSR count). The first-order chi connectivity index (χ1) is 10.1. The molecule has 5 atom stereocenters. The van der Waals surface area contributed by atoms with Crippen molar-refractivity contribution in [3.63, 3.8) is 0 Å². The van der Waals surface area contributed by atoms with Crippen LogP contribution in [0.25, 0.3) is 0 Å². The molecule has 0 aromatic carbocycles. The monoisotopic (exact) mass is 288 g/mol. The fraction of sp³-hybridized carbons (Fsp3) is 0.842. The van der Waals surface area contributed by atoms with Gasteiger partial charge in [-0.3, -0.25) is 4.79 Å². The van der Waals surface area contributed by atoms with Crippen molar-refractivity contribution >= 4 is 5.97 Å². The SMILES string of the molecule is C[C@@]12CCC=C1[C@@H]1CCC3CCCC[C@]3(C(=O)O)[C@H]1CC2. The van der Waals surface area contributed by atoms with Crippen LogP contribution in [0.4, 0.5) is 0 Å². The smallest absolute Gasteiger partial charge is 0.310 e. The number of carbonyl (C=O) groups is 1. The molecule has 1 N–H and O–H groups in total. The summed E-state index contributed by atoms with van der Waals surface area (Å²) >= 11 is 0. The largest absolute Gasteiger partial charge is 0.481 e. The van der Waals surface area contributed by atoms with E-state index < -0.39 is 5.97 Å². The van der Waals surface area contributed by atoms with Gasteiger partial charge < -0.3 is 5.11 Å². The lowest BCUT2D eigenvalue weighted by molar-refractivity contribution is -0.170. The molecule has 21 heavy (non-hydrogen) atoms. The van der Waals surface area contributed by atoms with Crippen molar-refractivity contribution in [3.05, 3.63) is 11.6 Å². The third-order valence-electron chi connectivity index (χ3n) is 7.66. The second-order valence-electron chi connectivity index (χ2n) is 8.38. The van der Waals surface area contributed by atoms with Gasteiger partial charge in [-0.15, -0.1) is 0 Å². The molecule has 2 heteroatoms. The van der Waals surface area contributed by atoms with Gasteiger partial charge >= 0.3 is 5.97 Å². The summed E-state index contributed by atoms with van der Waals surface area (Å²) in [7, 11) is 0. The highest BCUT2D eigenvalue weighted by Gasteiger charge is 2.60. The fourth-order valence-electron chi connectivity index (χ4n) is 6.65. The van der Waals surface area contributed by atoms with E-state index in [1.54, 1.807) is 5.57 Å². The van der Waals surface area contributed by atoms with E-state index >= 15 is 0 Å². The lowest BCUT2D eigenvalue weighted by Gasteiger charge is -2.57. The van der Waals surface area contributed by atoms with Crippen LogP contribution in [0.3, 0.4) is 0 Å². The molecule has 0 saturated heterocycles. The van der Waals surface area contributed by atoms with Gasteiger partial charge in [0.2, 0.25) is 0 Å². The van der Waals surface area contributed by atoms with Crippen LogP contribution < -0.4 is 0 Å². The molecule has 0 amide bonds. The Morgan fingerprint density at radius 3 is 2.81 bits per heavy atom. The Hall–Kier alpha value is -0.790. The molecule has 0 bridgehead atoms. The van der Waals surface area contributed by atoms with Crippen LogP contribution >= 0.6 is 0 Å². The molecule has 4 aliphatic carbocycles. The normalized spacial score (nSPS) is 48.8. The maximum atomic E-state index is 12.3. The van der Waals surface area contributed by atoms with E-state index in [4.69, 9.17) is 0 Å². The summed E-state index contributed by atoms with van der Waals surface area (Å²) in [6.07, 6.45) is 14.3. The molecule has 2 nitrogen and oxygen atoms in total. The van der Waals surface area contributed by atoms with Gasteiger partial charge in [0.1, 0.15) is 0 Å². The summed E-state index contributed by atoms with van der Waals surface area (Å²) in [6, 6.07) is 0. The second kappa shape index (κ2) is 4.60. The van der Waals surface area contributed by atoms with Crippen molar-refractivity contribution in [2.24, 2.45) is 28.6 Å². The lowest BCUT2D eigenvalue weighted by Crippen LogP contribution is -2.55. The molecular weight excluding hydrogens is 260 g/mol. The minimum absolute atomic E-state index is 0.383. The highest BCUT2D eigenvalue weighted by atomic mass is 16.4. The average Bonchev–Trinajstić information content (AvgIpc) is 2.88. The molecule has 4 aliphatic rings. The third kappa shape index (κ3) is 1.74. The molecule has 0 aromatic rings. The number of rotatable bonds is 1. The highest BCUT2D eigenvalue weighted by molar-refractivity contribution is 5.76. The van der Waals surface area contributed by atoms with E-state index in [9.17, 15) is 9.90 Å². The van der Waals surface area contributed by atoms with Crippen molar-refractivity contribution in [2.75, 3.05) is 0 Å². The van der Waals surface area contributed by atoms with E-state index in [1.165, 1.54) is 32.1 Å². The van der Waals surface area contributed by atoms with E-state index in [1.807, 2.05) is 0 Å². The van der Waals surface area contributed by atoms with Crippen LogP contribution in [0.2, 0.25) is 0 Å². The number of carboxylic acids is 1. The Morgan fingerprint density at radius 2 is 2.00 bits per heavy atom. The maximum absolute atomic E-state index is 12.3. The lowest BCUT2D eigenvalue weighted by atomic mass is 9.46. The van der Waals surface area contributed by atoms with Gasteiger partial charge in [-0.05, 0) is 74.5 Å². The maximum Gasteiger partial charge on any atom is 0.310 e. The highest BCUT2D eigenvalue weighted by Crippen LogP contribution is 2.64. The Balaban J connectivity index is 1.75. The first-order valence-corrected chi connectivity index (χ1v) is 9.02.